The summed E-state index contributed by atoms with van der Waals surface area (Å²) in [5.74, 6) is -2.52. The largest absolute Gasteiger partial charge is 0.378 e. The normalized spacial score (nSPS) is 17.2. The number of hydrogen-bond donors (Lipinski definition) is 0. The number of carbonyl (C=O) groups is 1. The van der Waals surface area contributed by atoms with Gasteiger partial charge in [0.15, 0.2) is 0 Å². The van der Waals surface area contributed by atoms with Crippen molar-refractivity contribution in [2.75, 3.05) is 31.2 Å². The third-order valence-electron chi connectivity index (χ3n) is 6.66. The number of anilines is 1. The number of carbonyl (C=O) groups excluding carboxylic acids is 1. The zero-order valence-corrected chi connectivity index (χ0v) is 20.0. The van der Waals surface area contributed by atoms with Crippen molar-refractivity contribution in [1.29, 1.82) is 0 Å². The smallest absolute Gasteiger partial charge is 0.135 e. The number of morpholine rings is 1. The van der Waals surface area contributed by atoms with Gasteiger partial charge in [-0.25, -0.2) is 18.7 Å². The molecular formula is C28H26F2N4O2. The van der Waals surface area contributed by atoms with Crippen LogP contribution in [0.15, 0.2) is 65.1 Å². The molecule has 36 heavy (non-hydrogen) atoms. The van der Waals surface area contributed by atoms with Crippen molar-refractivity contribution in [3.63, 3.8) is 0 Å². The standard InChI is InChI=1S/C28H26F2N4O2/c1-18-5-3-2-4-8-31-27(18)23(16-35)21-14-22(25(30)15-24(21)29)28-20-7-6-19(13-26(20)32-17-33-28)34-9-11-36-12-10-34/h2,4,6-8,13-17,23H,3,5,9-12H2,1H3. The molecule has 1 fully saturated rings. The monoisotopic (exact) mass is 488 g/mol. The summed E-state index contributed by atoms with van der Waals surface area (Å²) in [5, 5.41) is 0.637. The zero-order chi connectivity index (χ0) is 25.1. The van der Waals surface area contributed by atoms with Gasteiger partial charge in [0.2, 0.25) is 0 Å². The van der Waals surface area contributed by atoms with E-state index in [0.717, 1.165) is 36.8 Å². The lowest BCUT2D eigenvalue weighted by Gasteiger charge is -2.29. The van der Waals surface area contributed by atoms with Crippen LogP contribution in [-0.2, 0) is 9.53 Å². The third-order valence-corrected chi connectivity index (χ3v) is 6.66. The maximum atomic E-state index is 15.2. The Morgan fingerprint density at radius 1 is 1.08 bits per heavy atom. The van der Waals surface area contributed by atoms with Gasteiger partial charge in [0.05, 0.1) is 36.0 Å². The molecule has 1 unspecified atom stereocenters. The van der Waals surface area contributed by atoms with Crippen LogP contribution in [0.4, 0.5) is 14.5 Å². The number of hydrogen-bond acceptors (Lipinski definition) is 6. The third kappa shape index (κ3) is 4.68. The number of allylic oxidation sites excluding steroid dienone is 4. The number of benzene rings is 2. The number of aliphatic imine (C=N–C) groups is 1. The summed E-state index contributed by atoms with van der Waals surface area (Å²) in [6.45, 7) is 4.75. The first-order chi connectivity index (χ1) is 17.6. The van der Waals surface area contributed by atoms with Crippen LogP contribution in [0.1, 0.15) is 31.2 Å². The van der Waals surface area contributed by atoms with Crippen LogP contribution in [0.5, 0.6) is 0 Å². The van der Waals surface area contributed by atoms with Crippen LogP contribution in [-0.4, -0.2) is 48.8 Å². The average Bonchev–Trinajstić information content (AvgIpc) is 2.89. The number of ether oxygens (including phenoxy) is 1. The predicted molar refractivity (Wildman–Crippen MR) is 136 cm³/mol. The van der Waals surface area contributed by atoms with E-state index in [1.54, 1.807) is 12.3 Å². The number of fused-ring (bicyclic) bond motifs is 1. The van der Waals surface area contributed by atoms with Gasteiger partial charge in [-0.1, -0.05) is 11.6 Å². The minimum atomic E-state index is -0.965. The highest BCUT2D eigenvalue weighted by Crippen LogP contribution is 2.36. The van der Waals surface area contributed by atoms with Crippen molar-refractivity contribution in [3.8, 4) is 11.3 Å². The first-order valence-corrected chi connectivity index (χ1v) is 12.0. The second-order valence-corrected chi connectivity index (χ2v) is 8.90. The van der Waals surface area contributed by atoms with Crippen LogP contribution in [0.25, 0.3) is 22.2 Å². The van der Waals surface area contributed by atoms with E-state index in [0.29, 0.717) is 48.2 Å². The topological polar surface area (TPSA) is 67.7 Å². The molecule has 1 saturated heterocycles. The zero-order valence-electron chi connectivity index (χ0n) is 20.0. The van der Waals surface area contributed by atoms with Crippen molar-refractivity contribution < 1.29 is 18.3 Å². The lowest BCUT2D eigenvalue weighted by atomic mass is 9.90. The molecule has 0 bridgehead atoms. The Morgan fingerprint density at radius 3 is 2.72 bits per heavy atom. The van der Waals surface area contributed by atoms with Crippen LogP contribution in [0, 0.1) is 11.6 Å². The Bertz CT molecular complexity index is 1390. The SMILES string of the molecule is CC1=C(C(C=O)c2cc(-c3ncnc4cc(N5CCOCC5)ccc34)c(F)cc2F)N=CC=CCC1. The summed E-state index contributed by atoms with van der Waals surface area (Å²) in [6, 6.07) is 7.94. The molecule has 0 N–H and O–H groups in total. The van der Waals surface area contributed by atoms with Gasteiger partial charge in [-0.3, -0.25) is 4.99 Å². The van der Waals surface area contributed by atoms with Gasteiger partial charge in [-0.05, 0) is 50.1 Å². The van der Waals surface area contributed by atoms with Crippen molar-refractivity contribution in [2.24, 2.45) is 4.99 Å². The lowest BCUT2D eigenvalue weighted by molar-refractivity contribution is -0.108. The number of nitrogens with zero attached hydrogens (tertiary/aromatic N) is 4. The molecule has 0 spiro atoms. The second kappa shape index (κ2) is 10.5. The molecule has 8 heteroatoms. The fourth-order valence-corrected chi connectivity index (χ4v) is 4.71. The van der Waals surface area contributed by atoms with Gasteiger partial charge in [0.1, 0.15) is 24.2 Å². The highest BCUT2D eigenvalue weighted by Gasteiger charge is 2.25. The predicted octanol–water partition coefficient (Wildman–Crippen LogP) is 5.39. The highest BCUT2D eigenvalue weighted by atomic mass is 19.1. The molecule has 0 saturated carbocycles. The molecule has 2 aliphatic heterocycles. The van der Waals surface area contributed by atoms with Gasteiger partial charge in [-0.2, -0.15) is 0 Å². The maximum Gasteiger partial charge on any atom is 0.135 e. The van der Waals surface area contributed by atoms with Gasteiger partial charge in [0.25, 0.3) is 0 Å². The summed E-state index contributed by atoms with van der Waals surface area (Å²) in [7, 11) is 0. The van der Waals surface area contributed by atoms with Crippen LogP contribution >= 0.6 is 0 Å². The van der Waals surface area contributed by atoms with Gasteiger partial charge < -0.3 is 14.4 Å². The summed E-state index contributed by atoms with van der Waals surface area (Å²) in [6.07, 6.45) is 8.92. The molecule has 2 aromatic carbocycles. The molecular weight excluding hydrogens is 462 g/mol. The molecule has 5 rings (SSSR count). The second-order valence-electron chi connectivity index (χ2n) is 8.90. The van der Waals surface area contributed by atoms with Gasteiger partial charge >= 0.3 is 0 Å². The van der Waals surface area contributed by atoms with Crippen molar-refractivity contribution in [3.05, 3.63) is 77.3 Å². The maximum absolute atomic E-state index is 15.2. The number of rotatable bonds is 5. The quantitative estimate of drug-likeness (QED) is 0.451. The summed E-state index contributed by atoms with van der Waals surface area (Å²) in [4.78, 5) is 27.6. The van der Waals surface area contributed by atoms with E-state index in [-0.39, 0.29) is 11.1 Å². The van der Waals surface area contributed by atoms with E-state index in [4.69, 9.17) is 4.74 Å². The summed E-state index contributed by atoms with van der Waals surface area (Å²) in [5.41, 5.74) is 3.53. The van der Waals surface area contributed by atoms with Crippen molar-refractivity contribution >= 4 is 29.1 Å². The van der Waals surface area contributed by atoms with E-state index in [1.165, 1.54) is 12.4 Å². The van der Waals surface area contributed by atoms with E-state index < -0.39 is 17.6 Å². The minimum absolute atomic E-state index is 0.0640. The van der Waals surface area contributed by atoms with Gasteiger partial charge in [0, 0.05) is 47.6 Å². The Hall–Kier alpha value is -3.78. The highest BCUT2D eigenvalue weighted by molar-refractivity contribution is 5.94. The molecule has 3 heterocycles. The van der Waals surface area contributed by atoms with E-state index in [1.807, 2.05) is 31.2 Å². The molecule has 184 valence electrons. The Kier molecular flexibility index (Phi) is 6.95. The molecule has 6 nitrogen and oxygen atoms in total. The summed E-state index contributed by atoms with van der Waals surface area (Å²) >= 11 is 0. The van der Waals surface area contributed by atoms with Crippen molar-refractivity contribution in [1.82, 2.24) is 9.97 Å². The average molecular weight is 489 g/mol. The number of aldehydes is 1. The molecule has 3 aromatic rings. The number of aromatic nitrogens is 2. The van der Waals surface area contributed by atoms with Crippen molar-refractivity contribution in [2.45, 2.75) is 25.7 Å². The van der Waals surface area contributed by atoms with Crippen LogP contribution < -0.4 is 4.90 Å². The Morgan fingerprint density at radius 2 is 1.92 bits per heavy atom. The molecule has 0 amide bonds. The Balaban J connectivity index is 1.60. The molecule has 1 aromatic heterocycles. The fraction of sp³-hybridized carbons (Fsp3) is 0.286. The summed E-state index contributed by atoms with van der Waals surface area (Å²) < 4.78 is 35.7. The molecule has 0 aliphatic carbocycles. The first-order valence-electron chi connectivity index (χ1n) is 12.0. The molecule has 1 atom stereocenters. The van der Waals surface area contributed by atoms with E-state index >= 15 is 8.78 Å². The van der Waals surface area contributed by atoms with E-state index in [2.05, 4.69) is 19.9 Å². The molecule has 0 radical (unpaired) electrons. The van der Waals surface area contributed by atoms with Crippen LogP contribution in [0.3, 0.4) is 0 Å². The van der Waals surface area contributed by atoms with Crippen LogP contribution in [0.2, 0.25) is 0 Å². The van der Waals surface area contributed by atoms with Gasteiger partial charge in [-0.15, -0.1) is 0 Å². The minimum Gasteiger partial charge on any atom is -0.378 e. The lowest BCUT2D eigenvalue weighted by Crippen LogP contribution is -2.36. The molecule has 2 aliphatic rings. The fourth-order valence-electron chi connectivity index (χ4n) is 4.71. The number of halogens is 2. The first kappa shape index (κ1) is 23.9. The Labute approximate surface area is 208 Å². The van der Waals surface area contributed by atoms with E-state index in [9.17, 15) is 4.79 Å².